The summed E-state index contributed by atoms with van der Waals surface area (Å²) in [5.74, 6) is 1.48. The minimum Gasteiger partial charge on any atom is -0.421 e. The molecule has 162 valence electrons. The Morgan fingerprint density at radius 2 is 2.13 bits per heavy atom. The third-order valence-electron chi connectivity index (χ3n) is 6.53. The van der Waals surface area contributed by atoms with Crippen molar-refractivity contribution in [2.45, 2.75) is 39.3 Å². The van der Waals surface area contributed by atoms with Gasteiger partial charge in [-0.2, -0.15) is 0 Å². The number of benzene rings is 1. The van der Waals surface area contributed by atoms with Crippen LogP contribution in [-0.4, -0.2) is 47.2 Å². The quantitative estimate of drug-likeness (QED) is 0.699. The minimum absolute atomic E-state index is 0.204. The van der Waals surface area contributed by atoms with Crippen molar-refractivity contribution < 1.29 is 4.42 Å². The molecule has 7 heteroatoms. The molecular weight excluding hydrogens is 390 g/mol. The van der Waals surface area contributed by atoms with Crippen LogP contribution in [0.3, 0.4) is 0 Å². The van der Waals surface area contributed by atoms with E-state index in [0.717, 1.165) is 43.0 Å². The maximum atomic E-state index is 12.9. The summed E-state index contributed by atoms with van der Waals surface area (Å²) in [6, 6.07) is 8.62. The molecule has 2 aliphatic rings. The smallest absolute Gasteiger partial charge is 0.344 e. The van der Waals surface area contributed by atoms with Crippen LogP contribution in [0.25, 0.3) is 28.4 Å². The zero-order valence-electron chi connectivity index (χ0n) is 18.6. The van der Waals surface area contributed by atoms with Gasteiger partial charge in [-0.3, -0.25) is 0 Å². The number of hydrogen-bond acceptors (Lipinski definition) is 6. The van der Waals surface area contributed by atoms with Gasteiger partial charge in [-0.05, 0) is 43.9 Å². The van der Waals surface area contributed by atoms with Gasteiger partial charge in [0, 0.05) is 56.5 Å². The van der Waals surface area contributed by atoms with Crippen molar-refractivity contribution in [1.82, 2.24) is 19.8 Å². The highest BCUT2D eigenvalue weighted by atomic mass is 16.4. The van der Waals surface area contributed by atoms with Crippen LogP contribution in [0.15, 0.2) is 45.4 Å². The molecule has 3 aromatic rings. The lowest BCUT2D eigenvalue weighted by atomic mass is 10.1. The molecule has 1 unspecified atom stereocenters. The van der Waals surface area contributed by atoms with Gasteiger partial charge in [0.25, 0.3) is 0 Å². The van der Waals surface area contributed by atoms with Gasteiger partial charge in [-0.25, -0.2) is 9.78 Å². The van der Waals surface area contributed by atoms with Crippen molar-refractivity contribution in [3.05, 3.63) is 52.4 Å². The van der Waals surface area contributed by atoms with Crippen LogP contribution in [0.2, 0.25) is 0 Å². The highest BCUT2D eigenvalue weighted by Gasteiger charge is 2.26. The lowest BCUT2D eigenvalue weighted by Gasteiger charge is -2.33. The number of aromatic nitrogens is 2. The lowest BCUT2D eigenvalue weighted by molar-refractivity contribution is 0.279. The van der Waals surface area contributed by atoms with Crippen molar-refractivity contribution in [3.8, 4) is 11.5 Å². The van der Waals surface area contributed by atoms with Crippen LogP contribution < -0.4 is 15.8 Å². The zero-order chi connectivity index (χ0) is 21.7. The van der Waals surface area contributed by atoms with E-state index in [1.807, 2.05) is 24.4 Å². The molecule has 2 atom stereocenters. The molecule has 5 rings (SSSR count). The highest BCUT2D eigenvalue weighted by Crippen LogP contribution is 2.33. The van der Waals surface area contributed by atoms with Crippen LogP contribution in [0.4, 0.5) is 5.69 Å². The van der Waals surface area contributed by atoms with Gasteiger partial charge in [-0.15, -0.1) is 0 Å². The summed E-state index contributed by atoms with van der Waals surface area (Å²) in [5, 5.41) is 4.94. The molecular formula is C24H29N5O2. The van der Waals surface area contributed by atoms with E-state index in [9.17, 15) is 4.79 Å². The van der Waals surface area contributed by atoms with Crippen LogP contribution in [0, 0.1) is 0 Å². The van der Waals surface area contributed by atoms with E-state index in [0.29, 0.717) is 22.9 Å². The molecule has 1 aromatic carbocycles. The molecule has 1 saturated heterocycles. The summed E-state index contributed by atoms with van der Waals surface area (Å²) < 4.78 is 7.80. The fraction of sp³-hybridized carbons (Fsp3) is 0.417. The van der Waals surface area contributed by atoms with Gasteiger partial charge >= 0.3 is 5.63 Å². The largest absolute Gasteiger partial charge is 0.421 e. The van der Waals surface area contributed by atoms with Gasteiger partial charge in [0.05, 0.1) is 11.4 Å². The van der Waals surface area contributed by atoms with E-state index in [4.69, 9.17) is 9.40 Å². The fourth-order valence-electron chi connectivity index (χ4n) is 4.71. The number of nitrogens with zero attached hydrogens (tertiary/aromatic N) is 4. The topological polar surface area (TPSA) is 66.5 Å². The van der Waals surface area contributed by atoms with Crippen molar-refractivity contribution >= 4 is 22.7 Å². The molecule has 7 nitrogen and oxygen atoms in total. The molecule has 2 aliphatic heterocycles. The Morgan fingerprint density at radius 1 is 1.29 bits per heavy atom. The maximum absolute atomic E-state index is 12.9. The molecule has 0 saturated carbocycles. The number of anilines is 1. The van der Waals surface area contributed by atoms with E-state index in [-0.39, 0.29) is 11.7 Å². The predicted octanol–water partition coefficient (Wildman–Crippen LogP) is 3.67. The third kappa shape index (κ3) is 3.43. The summed E-state index contributed by atoms with van der Waals surface area (Å²) in [4.78, 5) is 22.3. The molecule has 0 radical (unpaired) electrons. The molecule has 1 fully saturated rings. The van der Waals surface area contributed by atoms with Crippen LogP contribution in [0.1, 0.15) is 39.1 Å². The normalized spacial score (nSPS) is 21.4. The fourth-order valence-corrected chi connectivity index (χ4v) is 4.71. The molecule has 0 amide bonds. The Bertz CT molecular complexity index is 1220. The number of nitrogens with one attached hydrogen (secondary N) is 1. The number of piperazine rings is 1. The first-order chi connectivity index (χ1) is 14.9. The second kappa shape index (κ2) is 7.57. The van der Waals surface area contributed by atoms with Gasteiger partial charge in [0.2, 0.25) is 0 Å². The number of rotatable bonds is 3. The minimum atomic E-state index is -0.320. The summed E-state index contributed by atoms with van der Waals surface area (Å²) >= 11 is 0. The maximum Gasteiger partial charge on any atom is 0.344 e. The summed E-state index contributed by atoms with van der Waals surface area (Å²) in [6.07, 6.45) is 4.97. The Morgan fingerprint density at radius 3 is 2.90 bits per heavy atom. The van der Waals surface area contributed by atoms with E-state index in [2.05, 4.69) is 59.8 Å². The highest BCUT2D eigenvalue weighted by molar-refractivity contribution is 5.87. The molecule has 0 aliphatic carbocycles. The molecule has 2 aromatic heterocycles. The molecule has 0 spiro atoms. The zero-order valence-corrected chi connectivity index (χ0v) is 18.6. The SMILES string of the molecule is CCC1c2nc(-c3cc4ccc(N5CCN[C@@H](C)C5)cc4c(=O)o3)cn2C=C(C)N1C. The van der Waals surface area contributed by atoms with Gasteiger partial charge in [0.1, 0.15) is 11.5 Å². The Kier molecular flexibility index (Phi) is 4.85. The summed E-state index contributed by atoms with van der Waals surface area (Å²) in [7, 11) is 2.09. The molecule has 1 N–H and O–H groups in total. The summed E-state index contributed by atoms with van der Waals surface area (Å²) in [6.45, 7) is 9.23. The van der Waals surface area contributed by atoms with Crippen LogP contribution >= 0.6 is 0 Å². The second-order valence-corrected chi connectivity index (χ2v) is 8.67. The van der Waals surface area contributed by atoms with Gasteiger partial charge < -0.3 is 24.1 Å². The lowest BCUT2D eigenvalue weighted by Crippen LogP contribution is -2.49. The average Bonchev–Trinajstić information content (AvgIpc) is 3.18. The van der Waals surface area contributed by atoms with Crippen molar-refractivity contribution in [3.63, 3.8) is 0 Å². The molecule has 0 bridgehead atoms. The first-order valence-electron chi connectivity index (χ1n) is 11.0. The monoisotopic (exact) mass is 419 g/mol. The molecule has 31 heavy (non-hydrogen) atoms. The second-order valence-electron chi connectivity index (χ2n) is 8.67. The Balaban J connectivity index is 1.53. The first-order valence-corrected chi connectivity index (χ1v) is 11.0. The van der Waals surface area contributed by atoms with Crippen molar-refractivity contribution in [2.24, 2.45) is 0 Å². The van der Waals surface area contributed by atoms with E-state index < -0.39 is 0 Å². The predicted molar refractivity (Wildman–Crippen MR) is 124 cm³/mol. The van der Waals surface area contributed by atoms with Crippen molar-refractivity contribution in [1.29, 1.82) is 0 Å². The average molecular weight is 420 g/mol. The number of hydrogen-bond donors (Lipinski definition) is 1. The van der Waals surface area contributed by atoms with Gasteiger partial charge in [-0.1, -0.05) is 13.0 Å². The molecule has 4 heterocycles. The standard InChI is InChI=1S/C24H29N5O2/c1-5-21-23-26-20(14-29(23)13-16(3)27(21)4)22-10-17-6-7-18(11-19(17)24(30)31-22)28-9-8-25-15(2)12-28/h6-7,10-11,13-15,21,25H,5,8-9,12H2,1-4H3/t15-,21?/m0/s1. The first kappa shape index (κ1) is 19.9. The number of allylic oxidation sites excluding steroid dienone is 1. The Hall–Kier alpha value is -3.06. The Labute approximate surface area is 182 Å². The van der Waals surface area contributed by atoms with Crippen molar-refractivity contribution in [2.75, 3.05) is 31.6 Å². The van der Waals surface area contributed by atoms with E-state index >= 15 is 0 Å². The number of fused-ring (bicyclic) bond motifs is 2. The third-order valence-corrected chi connectivity index (χ3v) is 6.53. The van der Waals surface area contributed by atoms with E-state index in [1.165, 1.54) is 5.70 Å². The van der Waals surface area contributed by atoms with E-state index in [1.54, 1.807) is 0 Å². The number of imidazole rings is 1. The van der Waals surface area contributed by atoms with Crippen LogP contribution in [-0.2, 0) is 0 Å². The van der Waals surface area contributed by atoms with Crippen LogP contribution in [0.5, 0.6) is 0 Å². The summed E-state index contributed by atoms with van der Waals surface area (Å²) in [5.41, 5.74) is 2.61. The van der Waals surface area contributed by atoms with Gasteiger partial charge in [0.15, 0.2) is 5.76 Å².